The second-order valence-corrected chi connectivity index (χ2v) is 6.91. The van der Waals surface area contributed by atoms with Crippen molar-refractivity contribution >= 4 is 23.5 Å². The van der Waals surface area contributed by atoms with Gasteiger partial charge in [-0.05, 0) is 42.9 Å². The fourth-order valence-corrected chi connectivity index (χ4v) is 3.73. The zero-order chi connectivity index (χ0) is 18.4. The lowest BCUT2D eigenvalue weighted by Gasteiger charge is -2.35. The van der Waals surface area contributed by atoms with Gasteiger partial charge in [0.15, 0.2) is 0 Å². The summed E-state index contributed by atoms with van der Waals surface area (Å²) in [4.78, 5) is 35.7. The molecule has 1 saturated carbocycles. The molecule has 0 aromatic heterocycles. The van der Waals surface area contributed by atoms with E-state index in [2.05, 4.69) is 10.6 Å². The van der Waals surface area contributed by atoms with E-state index in [1.54, 1.807) is 32.2 Å². The van der Waals surface area contributed by atoms with Crippen LogP contribution in [0.15, 0.2) is 18.2 Å². The number of benzene rings is 1. The first-order valence-electron chi connectivity index (χ1n) is 8.70. The average Bonchev–Trinajstić information content (AvgIpc) is 2.56. The van der Waals surface area contributed by atoms with Gasteiger partial charge in [0.1, 0.15) is 0 Å². The van der Waals surface area contributed by atoms with Gasteiger partial charge in [0, 0.05) is 24.7 Å². The van der Waals surface area contributed by atoms with E-state index in [0.29, 0.717) is 16.8 Å². The van der Waals surface area contributed by atoms with Crippen LogP contribution in [0.3, 0.4) is 0 Å². The summed E-state index contributed by atoms with van der Waals surface area (Å²) in [5, 5.41) is 14.7. The van der Waals surface area contributed by atoms with Gasteiger partial charge < -0.3 is 15.7 Å². The minimum Gasteiger partial charge on any atom is -0.481 e. The number of hydrogen-bond acceptors (Lipinski definition) is 3. The third-order valence-corrected chi connectivity index (χ3v) is 5.06. The van der Waals surface area contributed by atoms with Crippen molar-refractivity contribution in [2.75, 3.05) is 12.4 Å². The van der Waals surface area contributed by atoms with Crippen LogP contribution < -0.4 is 10.6 Å². The van der Waals surface area contributed by atoms with Crippen LogP contribution in [-0.4, -0.2) is 29.9 Å². The van der Waals surface area contributed by atoms with E-state index >= 15 is 0 Å². The van der Waals surface area contributed by atoms with Crippen LogP contribution in [0.2, 0.25) is 0 Å². The number of anilines is 1. The zero-order valence-electron chi connectivity index (χ0n) is 14.9. The number of nitrogens with one attached hydrogen (secondary N) is 2. The van der Waals surface area contributed by atoms with Gasteiger partial charge in [0.25, 0.3) is 5.91 Å². The van der Waals surface area contributed by atoms with Gasteiger partial charge in [-0.2, -0.15) is 0 Å². The highest BCUT2D eigenvalue weighted by atomic mass is 16.4. The van der Waals surface area contributed by atoms with Crippen molar-refractivity contribution < 1.29 is 19.5 Å². The van der Waals surface area contributed by atoms with Crippen LogP contribution in [0.1, 0.15) is 60.9 Å². The maximum Gasteiger partial charge on any atom is 0.303 e. The SMILES string of the molecule is CNC(=O)c1cccc(NC(=O)CC2(CC(=O)O)CCCCC2)c1C. The quantitative estimate of drug-likeness (QED) is 0.737. The molecule has 1 aliphatic carbocycles. The van der Waals surface area contributed by atoms with Gasteiger partial charge in [-0.1, -0.05) is 25.3 Å². The molecular weight excluding hydrogens is 320 g/mol. The van der Waals surface area contributed by atoms with E-state index in [1.165, 1.54) is 0 Å². The third kappa shape index (κ3) is 4.81. The number of carboxylic acid groups (broad SMARTS) is 1. The van der Waals surface area contributed by atoms with E-state index in [-0.39, 0.29) is 24.7 Å². The lowest BCUT2D eigenvalue weighted by Crippen LogP contribution is -2.32. The van der Waals surface area contributed by atoms with Crippen molar-refractivity contribution in [3.8, 4) is 0 Å². The first kappa shape index (κ1) is 19.0. The van der Waals surface area contributed by atoms with E-state index in [4.69, 9.17) is 0 Å². The molecule has 0 radical (unpaired) electrons. The molecule has 0 saturated heterocycles. The molecule has 25 heavy (non-hydrogen) atoms. The summed E-state index contributed by atoms with van der Waals surface area (Å²) >= 11 is 0. The van der Waals surface area contributed by atoms with Crippen molar-refractivity contribution in [3.05, 3.63) is 29.3 Å². The van der Waals surface area contributed by atoms with Crippen molar-refractivity contribution in [2.24, 2.45) is 5.41 Å². The molecule has 0 atom stereocenters. The molecule has 2 rings (SSSR count). The molecule has 0 spiro atoms. The van der Waals surface area contributed by atoms with Gasteiger partial charge in [-0.3, -0.25) is 14.4 Å². The summed E-state index contributed by atoms with van der Waals surface area (Å²) in [5.74, 6) is -1.25. The fraction of sp³-hybridized carbons (Fsp3) is 0.526. The summed E-state index contributed by atoms with van der Waals surface area (Å²) in [6.45, 7) is 1.79. The minimum atomic E-state index is -0.854. The lowest BCUT2D eigenvalue weighted by atomic mass is 9.69. The summed E-state index contributed by atoms with van der Waals surface area (Å²) in [6.07, 6.45) is 4.78. The van der Waals surface area contributed by atoms with Gasteiger partial charge in [0.05, 0.1) is 6.42 Å². The monoisotopic (exact) mass is 346 g/mol. The van der Waals surface area contributed by atoms with E-state index < -0.39 is 11.4 Å². The first-order valence-corrected chi connectivity index (χ1v) is 8.70. The van der Waals surface area contributed by atoms with Crippen LogP contribution in [0.4, 0.5) is 5.69 Å². The Morgan fingerprint density at radius 1 is 1.12 bits per heavy atom. The molecule has 0 unspecified atom stereocenters. The van der Waals surface area contributed by atoms with Crippen molar-refractivity contribution in [1.82, 2.24) is 5.32 Å². The number of amides is 2. The molecule has 1 fully saturated rings. The molecule has 1 aromatic rings. The number of carboxylic acids is 1. The summed E-state index contributed by atoms with van der Waals surface area (Å²) in [5.41, 5.74) is 1.34. The van der Waals surface area contributed by atoms with Crippen LogP contribution in [-0.2, 0) is 9.59 Å². The normalized spacial score (nSPS) is 16.1. The van der Waals surface area contributed by atoms with E-state index in [0.717, 1.165) is 32.1 Å². The highest BCUT2D eigenvalue weighted by Crippen LogP contribution is 2.42. The fourth-order valence-electron chi connectivity index (χ4n) is 3.73. The number of carbonyl (C=O) groups is 3. The largest absolute Gasteiger partial charge is 0.481 e. The Bertz CT molecular complexity index is 663. The van der Waals surface area contributed by atoms with Crippen LogP contribution in [0, 0.1) is 12.3 Å². The Morgan fingerprint density at radius 2 is 1.80 bits per heavy atom. The molecule has 0 heterocycles. The molecule has 2 amide bonds. The van der Waals surface area contributed by atoms with Crippen LogP contribution >= 0.6 is 0 Å². The molecule has 0 aliphatic heterocycles. The van der Waals surface area contributed by atoms with E-state index in [1.807, 2.05) is 0 Å². The second kappa shape index (κ2) is 8.14. The second-order valence-electron chi connectivity index (χ2n) is 6.91. The Kier molecular flexibility index (Phi) is 6.17. The van der Waals surface area contributed by atoms with Gasteiger partial charge >= 0.3 is 5.97 Å². The highest BCUT2D eigenvalue weighted by molar-refractivity contribution is 5.99. The zero-order valence-corrected chi connectivity index (χ0v) is 14.9. The van der Waals surface area contributed by atoms with Gasteiger partial charge in [0.2, 0.25) is 5.91 Å². The standard InChI is InChI=1S/C19H26N2O4/c1-13-14(18(25)20-2)7-6-8-15(13)21-16(22)11-19(12-17(23)24)9-4-3-5-10-19/h6-8H,3-5,9-12H2,1-2H3,(H,20,25)(H,21,22)(H,23,24). The third-order valence-electron chi connectivity index (χ3n) is 5.06. The van der Waals surface area contributed by atoms with Crippen molar-refractivity contribution in [1.29, 1.82) is 0 Å². The maximum atomic E-state index is 12.6. The summed E-state index contributed by atoms with van der Waals surface area (Å²) < 4.78 is 0. The molecule has 1 aliphatic rings. The average molecular weight is 346 g/mol. The molecule has 6 heteroatoms. The van der Waals surface area contributed by atoms with E-state index in [9.17, 15) is 19.5 Å². The summed E-state index contributed by atoms with van der Waals surface area (Å²) in [6, 6.07) is 5.18. The Balaban J connectivity index is 2.13. The summed E-state index contributed by atoms with van der Waals surface area (Å²) in [7, 11) is 1.56. The number of rotatable bonds is 6. The Morgan fingerprint density at radius 3 is 2.40 bits per heavy atom. The predicted molar refractivity (Wildman–Crippen MR) is 95.6 cm³/mol. The maximum absolute atomic E-state index is 12.6. The lowest BCUT2D eigenvalue weighted by molar-refractivity contribution is -0.140. The Labute approximate surface area is 148 Å². The molecule has 3 N–H and O–H groups in total. The highest BCUT2D eigenvalue weighted by Gasteiger charge is 2.36. The number of hydrogen-bond donors (Lipinski definition) is 3. The molecule has 1 aromatic carbocycles. The van der Waals surface area contributed by atoms with Crippen LogP contribution in [0.25, 0.3) is 0 Å². The van der Waals surface area contributed by atoms with Gasteiger partial charge in [-0.25, -0.2) is 0 Å². The number of carbonyl (C=O) groups excluding carboxylic acids is 2. The van der Waals surface area contributed by atoms with Crippen molar-refractivity contribution in [2.45, 2.75) is 51.9 Å². The van der Waals surface area contributed by atoms with Crippen molar-refractivity contribution in [3.63, 3.8) is 0 Å². The van der Waals surface area contributed by atoms with Crippen LogP contribution in [0.5, 0.6) is 0 Å². The smallest absolute Gasteiger partial charge is 0.303 e. The molecular formula is C19H26N2O4. The first-order chi connectivity index (χ1) is 11.9. The minimum absolute atomic E-state index is 0.0255. The molecule has 136 valence electrons. The molecule has 0 bridgehead atoms. The molecule has 6 nitrogen and oxygen atoms in total. The van der Waals surface area contributed by atoms with Gasteiger partial charge in [-0.15, -0.1) is 0 Å². The topological polar surface area (TPSA) is 95.5 Å². The number of aliphatic carboxylic acids is 1. The predicted octanol–water partition coefficient (Wildman–Crippen LogP) is 3.11. The Hall–Kier alpha value is -2.37.